The number of thioether (sulfide) groups is 1. The molecule has 0 amide bonds. The summed E-state index contributed by atoms with van der Waals surface area (Å²) in [6.45, 7) is 0. The third-order valence-corrected chi connectivity index (χ3v) is 5.57. The molecule has 108 valence electrons. The van der Waals surface area contributed by atoms with Crippen LogP contribution in [0.15, 0.2) is 40.2 Å². The Morgan fingerprint density at radius 3 is 2.95 bits per heavy atom. The number of aromatic amines is 1. The van der Waals surface area contributed by atoms with Crippen molar-refractivity contribution in [3.8, 4) is 0 Å². The van der Waals surface area contributed by atoms with Gasteiger partial charge in [-0.1, -0.05) is 24.3 Å². The van der Waals surface area contributed by atoms with E-state index in [1.54, 1.807) is 17.8 Å². The van der Waals surface area contributed by atoms with E-state index in [1.807, 2.05) is 0 Å². The summed E-state index contributed by atoms with van der Waals surface area (Å²) >= 11 is 1.78. The van der Waals surface area contributed by atoms with Gasteiger partial charge in [-0.25, -0.2) is 0 Å². The van der Waals surface area contributed by atoms with E-state index in [1.165, 1.54) is 41.5 Å². The summed E-state index contributed by atoms with van der Waals surface area (Å²) in [6.07, 6.45) is 6.03. The molecule has 1 aromatic carbocycles. The van der Waals surface area contributed by atoms with Gasteiger partial charge >= 0.3 is 0 Å². The van der Waals surface area contributed by atoms with Crippen LogP contribution in [0, 0.1) is 0 Å². The Labute approximate surface area is 129 Å². The fourth-order valence-corrected chi connectivity index (χ4v) is 4.27. The summed E-state index contributed by atoms with van der Waals surface area (Å²) in [7, 11) is 0. The molecule has 2 nitrogen and oxygen atoms in total. The van der Waals surface area contributed by atoms with Crippen molar-refractivity contribution in [1.29, 1.82) is 0 Å². The molecule has 21 heavy (non-hydrogen) atoms. The Hall–Kier alpha value is -1.48. The summed E-state index contributed by atoms with van der Waals surface area (Å²) in [5.74, 6) is 1.74. The molecule has 1 N–H and O–H groups in total. The fraction of sp³-hybridized carbons (Fsp3) is 0.389. The molecule has 0 spiro atoms. The van der Waals surface area contributed by atoms with E-state index < -0.39 is 0 Å². The number of fused-ring (bicyclic) bond motifs is 1. The standard InChI is InChI=1S/C18H19NOS/c20-17-10-15-5-2-6-16(15)18(19-17)21-11-12-3-1-4-14(9-12)13-7-8-13/h1,3-4,9-10,13H,2,5-8,11H2,(H,19,20). The van der Waals surface area contributed by atoms with Crippen molar-refractivity contribution < 1.29 is 0 Å². The van der Waals surface area contributed by atoms with Crippen LogP contribution in [-0.2, 0) is 18.6 Å². The van der Waals surface area contributed by atoms with Crippen molar-refractivity contribution in [2.24, 2.45) is 0 Å². The highest BCUT2D eigenvalue weighted by Crippen LogP contribution is 2.40. The third kappa shape index (κ3) is 2.80. The van der Waals surface area contributed by atoms with E-state index in [0.29, 0.717) is 0 Å². The molecule has 2 aliphatic rings. The van der Waals surface area contributed by atoms with E-state index in [2.05, 4.69) is 29.2 Å². The van der Waals surface area contributed by atoms with E-state index >= 15 is 0 Å². The first-order chi connectivity index (χ1) is 10.3. The summed E-state index contributed by atoms with van der Waals surface area (Å²) in [5.41, 5.74) is 5.52. The molecule has 1 saturated carbocycles. The van der Waals surface area contributed by atoms with E-state index in [-0.39, 0.29) is 5.56 Å². The first kappa shape index (κ1) is 13.2. The molecule has 0 bridgehead atoms. The lowest BCUT2D eigenvalue weighted by Crippen LogP contribution is -2.08. The molecule has 1 fully saturated rings. The smallest absolute Gasteiger partial charge is 0.249 e. The van der Waals surface area contributed by atoms with E-state index in [9.17, 15) is 4.79 Å². The highest BCUT2D eigenvalue weighted by Gasteiger charge is 2.23. The van der Waals surface area contributed by atoms with Gasteiger partial charge < -0.3 is 4.98 Å². The summed E-state index contributed by atoms with van der Waals surface area (Å²) in [4.78, 5) is 14.8. The number of nitrogens with one attached hydrogen (secondary N) is 1. The average molecular weight is 297 g/mol. The maximum Gasteiger partial charge on any atom is 0.249 e. The minimum absolute atomic E-state index is 0.0462. The topological polar surface area (TPSA) is 32.9 Å². The average Bonchev–Trinajstić information content (AvgIpc) is 3.24. The van der Waals surface area contributed by atoms with Gasteiger partial charge in [-0.3, -0.25) is 4.79 Å². The van der Waals surface area contributed by atoms with Crippen LogP contribution in [0.3, 0.4) is 0 Å². The molecular formula is C18H19NOS. The van der Waals surface area contributed by atoms with Crippen molar-refractivity contribution in [2.45, 2.75) is 48.8 Å². The quantitative estimate of drug-likeness (QED) is 0.864. The molecule has 4 rings (SSSR count). The molecule has 2 aromatic rings. The maximum absolute atomic E-state index is 11.7. The highest BCUT2D eigenvalue weighted by molar-refractivity contribution is 7.98. The third-order valence-electron chi connectivity index (χ3n) is 4.46. The molecule has 0 saturated heterocycles. The Balaban J connectivity index is 1.54. The van der Waals surface area contributed by atoms with Crippen molar-refractivity contribution >= 4 is 11.8 Å². The van der Waals surface area contributed by atoms with Crippen LogP contribution in [-0.4, -0.2) is 4.98 Å². The van der Waals surface area contributed by atoms with Gasteiger partial charge in [-0.2, -0.15) is 0 Å². The summed E-state index contributed by atoms with van der Waals surface area (Å²) in [6, 6.07) is 10.7. The van der Waals surface area contributed by atoms with Gasteiger partial charge in [-0.05, 0) is 60.3 Å². The van der Waals surface area contributed by atoms with E-state index in [0.717, 1.165) is 29.5 Å². The van der Waals surface area contributed by atoms with Gasteiger partial charge in [0.05, 0.1) is 5.03 Å². The summed E-state index contributed by atoms with van der Waals surface area (Å²) in [5, 5.41) is 1.09. The largest absolute Gasteiger partial charge is 0.317 e. The lowest BCUT2D eigenvalue weighted by atomic mass is 10.1. The second-order valence-electron chi connectivity index (χ2n) is 6.13. The number of pyridine rings is 1. The number of H-pyrrole nitrogens is 1. The van der Waals surface area contributed by atoms with Crippen molar-refractivity contribution in [1.82, 2.24) is 4.98 Å². The Morgan fingerprint density at radius 1 is 1.19 bits per heavy atom. The molecule has 0 atom stereocenters. The van der Waals surface area contributed by atoms with Crippen LogP contribution in [0.5, 0.6) is 0 Å². The lowest BCUT2D eigenvalue weighted by Gasteiger charge is -2.08. The minimum atomic E-state index is 0.0462. The normalized spacial score (nSPS) is 17.0. The van der Waals surface area contributed by atoms with Gasteiger partial charge in [0, 0.05) is 11.8 Å². The first-order valence-electron chi connectivity index (χ1n) is 7.76. The zero-order valence-electron chi connectivity index (χ0n) is 12.0. The molecule has 1 aromatic heterocycles. The number of hydrogen-bond donors (Lipinski definition) is 1. The van der Waals surface area contributed by atoms with Crippen molar-refractivity contribution in [3.63, 3.8) is 0 Å². The number of benzene rings is 1. The van der Waals surface area contributed by atoms with Crippen LogP contribution in [0.25, 0.3) is 0 Å². The predicted octanol–water partition coefficient (Wildman–Crippen LogP) is 4.03. The van der Waals surface area contributed by atoms with E-state index in [4.69, 9.17) is 0 Å². The second kappa shape index (κ2) is 5.38. The highest BCUT2D eigenvalue weighted by atomic mass is 32.2. The summed E-state index contributed by atoms with van der Waals surface area (Å²) < 4.78 is 0. The van der Waals surface area contributed by atoms with Crippen LogP contribution >= 0.6 is 11.8 Å². The number of aromatic nitrogens is 1. The number of aryl methyl sites for hydroxylation is 1. The second-order valence-corrected chi connectivity index (χ2v) is 7.11. The molecule has 3 heteroatoms. The van der Waals surface area contributed by atoms with Gasteiger partial charge in [0.25, 0.3) is 0 Å². The molecule has 1 heterocycles. The Morgan fingerprint density at radius 2 is 2.10 bits per heavy atom. The Kier molecular flexibility index (Phi) is 3.38. The zero-order chi connectivity index (χ0) is 14.2. The van der Waals surface area contributed by atoms with Crippen molar-refractivity contribution in [3.05, 3.63) is 62.9 Å². The zero-order valence-corrected chi connectivity index (χ0v) is 12.8. The molecule has 0 radical (unpaired) electrons. The van der Waals surface area contributed by atoms with Gasteiger partial charge in [0.15, 0.2) is 0 Å². The predicted molar refractivity (Wildman–Crippen MR) is 87.1 cm³/mol. The van der Waals surface area contributed by atoms with Crippen molar-refractivity contribution in [2.75, 3.05) is 0 Å². The van der Waals surface area contributed by atoms with Gasteiger partial charge in [0.1, 0.15) is 0 Å². The van der Waals surface area contributed by atoms with Crippen LogP contribution in [0.1, 0.15) is 47.4 Å². The lowest BCUT2D eigenvalue weighted by molar-refractivity contribution is 0.898. The minimum Gasteiger partial charge on any atom is -0.317 e. The monoisotopic (exact) mass is 297 g/mol. The molecule has 0 unspecified atom stereocenters. The Bertz CT molecular complexity index is 730. The number of rotatable bonds is 4. The van der Waals surface area contributed by atoms with Crippen LogP contribution in [0.4, 0.5) is 0 Å². The van der Waals surface area contributed by atoms with Crippen LogP contribution in [0.2, 0.25) is 0 Å². The SMILES string of the molecule is O=c1cc2c(c(SCc3cccc(C4CC4)c3)[nH]1)CCC2. The molecular weight excluding hydrogens is 278 g/mol. The maximum atomic E-state index is 11.7. The first-order valence-corrected chi connectivity index (χ1v) is 8.75. The fourth-order valence-electron chi connectivity index (χ4n) is 3.20. The van der Waals surface area contributed by atoms with Gasteiger partial charge in [-0.15, -0.1) is 11.8 Å². The number of hydrogen-bond acceptors (Lipinski definition) is 2. The molecule has 0 aliphatic heterocycles. The van der Waals surface area contributed by atoms with Gasteiger partial charge in [0.2, 0.25) is 5.56 Å². The molecule has 2 aliphatic carbocycles. The van der Waals surface area contributed by atoms with Crippen LogP contribution < -0.4 is 5.56 Å².